The number of nitrogens with two attached hydrogens (primary N) is 1. The highest BCUT2D eigenvalue weighted by Crippen LogP contribution is 2.11. The molecule has 2 rings (SSSR count). The van der Waals surface area contributed by atoms with Gasteiger partial charge in [-0.15, -0.1) is 11.3 Å². The lowest BCUT2D eigenvalue weighted by Gasteiger charge is -2.09. The van der Waals surface area contributed by atoms with Gasteiger partial charge >= 0.3 is 0 Å². The molecule has 7 heteroatoms. The number of thiazole rings is 1. The molecular formula is C10H14N4O2S. The lowest BCUT2D eigenvalue weighted by atomic mass is 10.2. The smallest absolute Gasteiger partial charge is 0.242 e. The van der Waals surface area contributed by atoms with Gasteiger partial charge in [-0.2, -0.15) is 0 Å². The summed E-state index contributed by atoms with van der Waals surface area (Å²) in [4.78, 5) is 26.7. The maximum Gasteiger partial charge on any atom is 0.242 e. The number of nitrogens with zero attached hydrogens (tertiary/aromatic N) is 1. The van der Waals surface area contributed by atoms with Gasteiger partial charge in [0.2, 0.25) is 11.8 Å². The Hall–Kier alpha value is -1.63. The van der Waals surface area contributed by atoms with Crippen molar-refractivity contribution in [2.75, 3.05) is 12.3 Å². The van der Waals surface area contributed by atoms with Gasteiger partial charge in [-0.3, -0.25) is 9.59 Å². The van der Waals surface area contributed by atoms with E-state index >= 15 is 0 Å². The van der Waals surface area contributed by atoms with Gasteiger partial charge in [0.05, 0.1) is 5.69 Å². The van der Waals surface area contributed by atoms with Crippen LogP contribution in [0.4, 0.5) is 5.13 Å². The Morgan fingerprint density at radius 3 is 3.12 bits per heavy atom. The quantitative estimate of drug-likeness (QED) is 0.685. The summed E-state index contributed by atoms with van der Waals surface area (Å²) >= 11 is 1.39. The molecule has 1 unspecified atom stereocenters. The van der Waals surface area contributed by atoms with Crippen molar-refractivity contribution >= 4 is 28.3 Å². The van der Waals surface area contributed by atoms with E-state index in [0.29, 0.717) is 30.9 Å². The summed E-state index contributed by atoms with van der Waals surface area (Å²) in [5.41, 5.74) is 6.38. The summed E-state index contributed by atoms with van der Waals surface area (Å²) in [6.45, 7) is 0.508. The average molecular weight is 254 g/mol. The van der Waals surface area contributed by atoms with E-state index in [9.17, 15) is 9.59 Å². The van der Waals surface area contributed by atoms with Crippen molar-refractivity contribution in [3.05, 3.63) is 11.1 Å². The number of amides is 2. The molecule has 0 saturated carbocycles. The molecule has 2 amide bonds. The molecule has 0 aromatic carbocycles. The fraction of sp³-hybridized carbons (Fsp3) is 0.500. The summed E-state index contributed by atoms with van der Waals surface area (Å²) < 4.78 is 0. The van der Waals surface area contributed by atoms with Crippen LogP contribution >= 0.6 is 11.3 Å². The molecule has 1 fully saturated rings. The summed E-state index contributed by atoms with van der Waals surface area (Å²) in [6.07, 6.45) is 1.66. The lowest BCUT2D eigenvalue weighted by molar-refractivity contribution is -0.125. The molecule has 6 nitrogen and oxygen atoms in total. The Morgan fingerprint density at radius 2 is 2.53 bits per heavy atom. The van der Waals surface area contributed by atoms with Gasteiger partial charge in [0.15, 0.2) is 5.13 Å². The first-order valence-corrected chi connectivity index (χ1v) is 6.30. The number of nitrogen functional groups attached to an aromatic ring is 1. The summed E-state index contributed by atoms with van der Waals surface area (Å²) in [5, 5.41) is 7.81. The van der Waals surface area contributed by atoms with Crippen molar-refractivity contribution in [1.29, 1.82) is 0 Å². The van der Waals surface area contributed by atoms with E-state index in [0.717, 1.165) is 5.69 Å². The van der Waals surface area contributed by atoms with Gasteiger partial charge in [-0.05, 0) is 6.42 Å². The van der Waals surface area contributed by atoms with Gasteiger partial charge in [0.25, 0.3) is 0 Å². The maximum atomic E-state index is 11.6. The maximum absolute atomic E-state index is 11.6. The molecule has 1 aliphatic rings. The van der Waals surface area contributed by atoms with Crippen molar-refractivity contribution in [3.8, 4) is 0 Å². The van der Waals surface area contributed by atoms with Crippen molar-refractivity contribution in [2.24, 2.45) is 0 Å². The van der Waals surface area contributed by atoms with E-state index in [4.69, 9.17) is 5.73 Å². The third kappa shape index (κ3) is 3.16. The number of hydrogen-bond acceptors (Lipinski definition) is 5. The van der Waals surface area contributed by atoms with E-state index in [-0.39, 0.29) is 17.9 Å². The second kappa shape index (κ2) is 5.13. The van der Waals surface area contributed by atoms with Gasteiger partial charge in [-0.1, -0.05) is 0 Å². The van der Waals surface area contributed by atoms with Crippen LogP contribution in [0.15, 0.2) is 5.38 Å². The Morgan fingerprint density at radius 1 is 1.71 bits per heavy atom. The van der Waals surface area contributed by atoms with Crippen LogP contribution in [0, 0.1) is 0 Å². The number of aromatic nitrogens is 1. The fourth-order valence-electron chi connectivity index (χ4n) is 1.69. The first kappa shape index (κ1) is 11.8. The topological polar surface area (TPSA) is 97.1 Å². The van der Waals surface area contributed by atoms with E-state index in [1.807, 2.05) is 5.38 Å². The molecular weight excluding hydrogens is 240 g/mol. The first-order chi connectivity index (χ1) is 8.15. The number of carbonyl (C=O) groups excluding carboxylic acids is 2. The number of anilines is 1. The highest BCUT2D eigenvalue weighted by molar-refractivity contribution is 7.13. The van der Waals surface area contributed by atoms with Crippen LogP contribution in [0.3, 0.4) is 0 Å². The predicted molar refractivity (Wildman–Crippen MR) is 64.4 cm³/mol. The van der Waals surface area contributed by atoms with Gasteiger partial charge in [0, 0.05) is 24.8 Å². The monoisotopic (exact) mass is 254 g/mol. The Kier molecular flexibility index (Phi) is 3.58. The molecule has 1 aromatic rings. The van der Waals surface area contributed by atoms with Crippen molar-refractivity contribution in [1.82, 2.24) is 15.6 Å². The molecule has 0 aliphatic carbocycles. The fourth-order valence-corrected chi connectivity index (χ4v) is 2.28. The predicted octanol–water partition coefficient (Wildman–Crippen LogP) is -0.337. The van der Waals surface area contributed by atoms with E-state index in [2.05, 4.69) is 15.6 Å². The Bertz CT molecular complexity index is 432. The Labute approximate surface area is 103 Å². The minimum Gasteiger partial charge on any atom is -0.375 e. The van der Waals surface area contributed by atoms with Crippen molar-refractivity contribution in [2.45, 2.75) is 25.3 Å². The van der Waals surface area contributed by atoms with Crippen LogP contribution in [0.1, 0.15) is 18.5 Å². The van der Waals surface area contributed by atoms with Crippen LogP contribution in [-0.2, 0) is 16.0 Å². The van der Waals surface area contributed by atoms with Crippen LogP contribution in [-0.4, -0.2) is 29.4 Å². The molecule has 2 heterocycles. The number of nitrogens with one attached hydrogen (secondary N) is 2. The highest BCUT2D eigenvalue weighted by Gasteiger charge is 2.26. The Balaban J connectivity index is 1.71. The number of rotatable bonds is 4. The SMILES string of the molecule is Nc1nc(CCNC(=O)C2CCC(=O)N2)cs1. The summed E-state index contributed by atoms with van der Waals surface area (Å²) in [5.74, 6) is -0.184. The van der Waals surface area contributed by atoms with Crippen LogP contribution < -0.4 is 16.4 Å². The third-order valence-corrected chi connectivity index (χ3v) is 3.28. The molecule has 1 atom stereocenters. The zero-order valence-corrected chi connectivity index (χ0v) is 10.0. The molecule has 0 bridgehead atoms. The average Bonchev–Trinajstić information content (AvgIpc) is 2.88. The molecule has 92 valence electrons. The molecule has 17 heavy (non-hydrogen) atoms. The molecule has 1 saturated heterocycles. The molecule has 0 radical (unpaired) electrons. The number of carbonyl (C=O) groups is 2. The molecule has 1 aromatic heterocycles. The van der Waals surface area contributed by atoms with Crippen LogP contribution in [0.25, 0.3) is 0 Å². The molecule has 0 spiro atoms. The minimum atomic E-state index is -0.372. The standard InChI is InChI=1S/C10H14N4O2S/c11-10-13-6(5-17-10)3-4-12-9(16)7-1-2-8(15)14-7/h5,7H,1-4H2,(H2,11,13)(H,12,16)(H,14,15). The molecule has 1 aliphatic heterocycles. The second-order valence-corrected chi connectivity index (χ2v) is 4.77. The zero-order chi connectivity index (χ0) is 12.3. The molecule has 4 N–H and O–H groups in total. The lowest BCUT2D eigenvalue weighted by Crippen LogP contribution is -2.42. The minimum absolute atomic E-state index is 0.0579. The van der Waals surface area contributed by atoms with E-state index < -0.39 is 0 Å². The summed E-state index contributed by atoms with van der Waals surface area (Å²) in [7, 11) is 0. The van der Waals surface area contributed by atoms with Gasteiger partial charge < -0.3 is 16.4 Å². The highest BCUT2D eigenvalue weighted by atomic mass is 32.1. The third-order valence-electron chi connectivity index (χ3n) is 2.56. The zero-order valence-electron chi connectivity index (χ0n) is 9.23. The van der Waals surface area contributed by atoms with Gasteiger partial charge in [-0.25, -0.2) is 4.98 Å². The van der Waals surface area contributed by atoms with Crippen LogP contribution in [0.5, 0.6) is 0 Å². The number of hydrogen-bond donors (Lipinski definition) is 3. The van der Waals surface area contributed by atoms with Gasteiger partial charge in [0.1, 0.15) is 6.04 Å². The van der Waals surface area contributed by atoms with Crippen LogP contribution in [0.2, 0.25) is 0 Å². The first-order valence-electron chi connectivity index (χ1n) is 5.42. The van der Waals surface area contributed by atoms with Crippen molar-refractivity contribution in [3.63, 3.8) is 0 Å². The normalized spacial score (nSPS) is 19.1. The van der Waals surface area contributed by atoms with Crippen molar-refractivity contribution < 1.29 is 9.59 Å². The second-order valence-electron chi connectivity index (χ2n) is 3.88. The largest absolute Gasteiger partial charge is 0.375 e. The summed E-state index contributed by atoms with van der Waals surface area (Å²) in [6, 6.07) is -0.372. The van der Waals surface area contributed by atoms with E-state index in [1.165, 1.54) is 11.3 Å². The van der Waals surface area contributed by atoms with E-state index in [1.54, 1.807) is 0 Å².